The fourth-order valence-corrected chi connectivity index (χ4v) is 5.85. The van der Waals surface area contributed by atoms with Crippen LogP contribution in [0.1, 0.15) is 41.6 Å². The van der Waals surface area contributed by atoms with E-state index in [1.807, 2.05) is 25.1 Å². The summed E-state index contributed by atoms with van der Waals surface area (Å²) in [5.41, 5.74) is 1.41. The largest absolute Gasteiger partial charge is 0.334 e. The van der Waals surface area contributed by atoms with Crippen LogP contribution in [0.5, 0.6) is 0 Å². The molecule has 3 rings (SSSR count). The van der Waals surface area contributed by atoms with Crippen molar-refractivity contribution >= 4 is 27.1 Å². The lowest BCUT2D eigenvalue weighted by Crippen LogP contribution is -2.41. The van der Waals surface area contributed by atoms with E-state index in [1.165, 1.54) is 11.3 Å². The van der Waals surface area contributed by atoms with Crippen molar-refractivity contribution in [3.05, 3.63) is 35.0 Å². The topological polar surface area (TPSA) is 80.2 Å². The zero-order chi connectivity index (χ0) is 18.7. The van der Waals surface area contributed by atoms with Gasteiger partial charge in [0, 0.05) is 18.8 Å². The van der Waals surface area contributed by atoms with E-state index in [0.717, 1.165) is 18.5 Å². The highest BCUT2D eigenvalue weighted by atomic mass is 32.2. The van der Waals surface area contributed by atoms with Crippen molar-refractivity contribution in [2.75, 3.05) is 18.1 Å². The number of aryl methyl sites for hydroxylation is 1. The van der Waals surface area contributed by atoms with Crippen molar-refractivity contribution in [2.45, 2.75) is 39.2 Å². The molecular weight excluding hydrogens is 370 g/mol. The third-order valence-corrected chi connectivity index (χ3v) is 7.46. The first-order valence-corrected chi connectivity index (χ1v) is 11.5. The van der Waals surface area contributed by atoms with Crippen LogP contribution in [0.25, 0.3) is 10.7 Å². The van der Waals surface area contributed by atoms with E-state index >= 15 is 0 Å². The molecule has 140 valence electrons. The van der Waals surface area contributed by atoms with Crippen molar-refractivity contribution < 1.29 is 13.2 Å². The van der Waals surface area contributed by atoms with E-state index in [9.17, 15) is 13.2 Å². The van der Waals surface area contributed by atoms with Gasteiger partial charge in [-0.2, -0.15) is 0 Å². The summed E-state index contributed by atoms with van der Waals surface area (Å²) in [5.74, 6) is 0.111. The molecule has 1 aliphatic rings. The second-order valence-electron chi connectivity index (χ2n) is 6.56. The van der Waals surface area contributed by atoms with Crippen molar-refractivity contribution in [1.82, 2.24) is 14.9 Å². The summed E-state index contributed by atoms with van der Waals surface area (Å²) in [6, 6.07) is 5.35. The average molecular weight is 394 g/mol. The van der Waals surface area contributed by atoms with Gasteiger partial charge in [0.15, 0.2) is 9.84 Å². The normalized spacial score (nSPS) is 18.8. The maximum Gasteiger partial charge on any atom is 0.266 e. The van der Waals surface area contributed by atoms with Crippen molar-refractivity contribution in [3.8, 4) is 10.7 Å². The Kier molecular flexibility index (Phi) is 5.72. The van der Waals surface area contributed by atoms with Gasteiger partial charge < -0.3 is 4.90 Å². The molecule has 2 aromatic rings. The number of unbranched alkanes of at least 4 members (excludes halogenated alkanes) is 1. The molecule has 3 heterocycles. The van der Waals surface area contributed by atoms with E-state index in [1.54, 1.807) is 11.1 Å². The molecule has 0 N–H and O–H groups in total. The Morgan fingerprint density at radius 2 is 2.19 bits per heavy atom. The molecule has 26 heavy (non-hydrogen) atoms. The van der Waals surface area contributed by atoms with E-state index in [4.69, 9.17) is 0 Å². The Morgan fingerprint density at radius 1 is 1.38 bits per heavy atom. The predicted octanol–water partition coefficient (Wildman–Crippen LogP) is 2.94. The highest BCUT2D eigenvalue weighted by molar-refractivity contribution is 7.91. The van der Waals surface area contributed by atoms with Crippen molar-refractivity contribution in [1.29, 1.82) is 0 Å². The maximum atomic E-state index is 13.2. The van der Waals surface area contributed by atoms with Gasteiger partial charge in [0.2, 0.25) is 0 Å². The molecule has 0 saturated carbocycles. The number of rotatable bonds is 6. The Balaban J connectivity index is 1.88. The Morgan fingerprint density at radius 3 is 2.81 bits per heavy atom. The van der Waals surface area contributed by atoms with Crippen LogP contribution in [-0.4, -0.2) is 53.3 Å². The lowest BCUT2D eigenvalue weighted by Gasteiger charge is -2.28. The van der Waals surface area contributed by atoms with Crippen molar-refractivity contribution in [3.63, 3.8) is 0 Å². The number of carbonyl (C=O) groups excluding carboxylic acids is 1. The van der Waals surface area contributed by atoms with Crippen LogP contribution < -0.4 is 0 Å². The Bertz CT molecular complexity index is 878. The standard InChI is InChI=1S/C18H23N3O3S2/c1-3-4-10-21(14-8-11-26(23,24)12-14)18(22)16-13(2)20-17(25-16)15-7-5-6-9-19-15/h5-7,9,14H,3-4,8,10-12H2,1-2H3. The number of pyridine rings is 1. The number of sulfone groups is 1. The Hall–Kier alpha value is -1.80. The molecule has 1 aliphatic heterocycles. The number of carbonyl (C=O) groups is 1. The molecule has 0 aliphatic carbocycles. The van der Waals surface area contributed by atoms with Gasteiger partial charge in [-0.15, -0.1) is 11.3 Å². The zero-order valence-electron chi connectivity index (χ0n) is 15.0. The van der Waals surface area contributed by atoms with Crippen LogP contribution in [0.4, 0.5) is 0 Å². The van der Waals surface area contributed by atoms with Gasteiger partial charge >= 0.3 is 0 Å². The Labute approximate surface area is 158 Å². The van der Waals surface area contributed by atoms with Crippen LogP contribution >= 0.6 is 11.3 Å². The van der Waals surface area contributed by atoms with Crippen molar-refractivity contribution in [2.24, 2.45) is 0 Å². The summed E-state index contributed by atoms with van der Waals surface area (Å²) in [5, 5.41) is 0.709. The van der Waals surface area contributed by atoms with Crippen LogP contribution in [-0.2, 0) is 9.84 Å². The van der Waals surface area contributed by atoms with Crippen LogP contribution in [0.3, 0.4) is 0 Å². The molecule has 2 aromatic heterocycles. The summed E-state index contributed by atoms with van der Waals surface area (Å²) in [6.45, 7) is 4.45. The van der Waals surface area contributed by atoms with E-state index in [-0.39, 0.29) is 23.5 Å². The minimum atomic E-state index is -3.05. The van der Waals surface area contributed by atoms with Gasteiger partial charge in [0.25, 0.3) is 5.91 Å². The maximum absolute atomic E-state index is 13.2. The first-order valence-electron chi connectivity index (χ1n) is 8.81. The lowest BCUT2D eigenvalue weighted by molar-refractivity contribution is 0.0698. The van der Waals surface area contributed by atoms with Gasteiger partial charge in [-0.25, -0.2) is 13.4 Å². The van der Waals surface area contributed by atoms with E-state index < -0.39 is 9.84 Å². The van der Waals surface area contributed by atoms with Crippen LogP contribution in [0, 0.1) is 6.92 Å². The summed E-state index contributed by atoms with van der Waals surface area (Å²) < 4.78 is 23.8. The molecule has 0 bridgehead atoms. The molecule has 1 saturated heterocycles. The second kappa shape index (κ2) is 7.84. The third-order valence-electron chi connectivity index (χ3n) is 4.54. The summed E-state index contributed by atoms with van der Waals surface area (Å²) >= 11 is 1.33. The molecule has 1 atom stereocenters. The number of amides is 1. The molecule has 0 radical (unpaired) electrons. The predicted molar refractivity (Wildman–Crippen MR) is 103 cm³/mol. The monoisotopic (exact) mass is 393 g/mol. The molecule has 8 heteroatoms. The van der Waals surface area contributed by atoms with Gasteiger partial charge in [0.05, 0.1) is 22.9 Å². The quantitative estimate of drug-likeness (QED) is 0.754. The van der Waals surface area contributed by atoms with Gasteiger partial charge in [-0.3, -0.25) is 9.78 Å². The molecule has 1 amide bonds. The average Bonchev–Trinajstić information content (AvgIpc) is 3.18. The minimum Gasteiger partial charge on any atom is -0.334 e. The van der Waals surface area contributed by atoms with E-state index in [2.05, 4.69) is 16.9 Å². The second-order valence-corrected chi connectivity index (χ2v) is 9.79. The molecule has 0 aromatic carbocycles. The highest BCUT2D eigenvalue weighted by Gasteiger charge is 2.35. The number of thiazole rings is 1. The number of hydrogen-bond donors (Lipinski definition) is 0. The zero-order valence-corrected chi connectivity index (χ0v) is 16.6. The molecule has 0 spiro atoms. The highest BCUT2D eigenvalue weighted by Crippen LogP contribution is 2.29. The first kappa shape index (κ1) is 19.0. The van der Waals surface area contributed by atoms with Gasteiger partial charge in [-0.05, 0) is 31.9 Å². The smallest absolute Gasteiger partial charge is 0.266 e. The SMILES string of the molecule is CCCCN(C(=O)c1sc(-c2ccccn2)nc1C)C1CCS(=O)(=O)C1. The van der Waals surface area contributed by atoms with Crippen LogP contribution in [0.15, 0.2) is 24.4 Å². The molecular formula is C18H23N3O3S2. The number of aromatic nitrogens is 2. The van der Waals surface area contributed by atoms with Crippen LogP contribution in [0.2, 0.25) is 0 Å². The summed E-state index contributed by atoms with van der Waals surface area (Å²) in [6.07, 6.45) is 4.02. The lowest BCUT2D eigenvalue weighted by atomic mass is 10.2. The van der Waals surface area contributed by atoms with E-state index in [0.29, 0.717) is 28.5 Å². The first-order chi connectivity index (χ1) is 12.4. The molecule has 1 fully saturated rings. The third kappa shape index (κ3) is 4.12. The number of hydrogen-bond acceptors (Lipinski definition) is 6. The van der Waals surface area contributed by atoms with Gasteiger partial charge in [-0.1, -0.05) is 19.4 Å². The summed E-state index contributed by atoms with van der Waals surface area (Å²) in [4.78, 5) is 24.3. The number of nitrogens with zero attached hydrogens (tertiary/aromatic N) is 3. The molecule has 1 unspecified atom stereocenters. The van der Waals surface area contributed by atoms with Gasteiger partial charge in [0.1, 0.15) is 9.88 Å². The summed E-state index contributed by atoms with van der Waals surface area (Å²) in [7, 11) is -3.05. The fourth-order valence-electron chi connectivity index (χ4n) is 3.12. The fraction of sp³-hybridized carbons (Fsp3) is 0.500. The minimum absolute atomic E-state index is 0.0629. The molecule has 6 nitrogen and oxygen atoms in total.